The fraction of sp³-hybridized carbons (Fsp3) is 0.538. The molecule has 0 aromatic heterocycles. The van der Waals surface area contributed by atoms with Gasteiger partial charge in [0, 0.05) is 31.7 Å². The second kappa shape index (κ2) is 5.53. The first kappa shape index (κ1) is 13.7. The second-order valence-electron chi connectivity index (χ2n) is 4.97. The average Bonchev–Trinajstić information content (AvgIpc) is 2.34. The van der Waals surface area contributed by atoms with Gasteiger partial charge in [0.05, 0.1) is 10.2 Å². The van der Waals surface area contributed by atoms with Crippen LogP contribution in [0.15, 0.2) is 16.6 Å². The number of nitrogens with one attached hydrogen (secondary N) is 1. The molecular formula is C13H17BrF2N2. The van der Waals surface area contributed by atoms with E-state index >= 15 is 0 Å². The second-order valence-corrected chi connectivity index (χ2v) is 5.82. The van der Waals surface area contributed by atoms with Crippen LogP contribution in [0.3, 0.4) is 0 Å². The molecule has 0 bridgehead atoms. The number of nitrogens with zero attached hydrogens (tertiary/aromatic N) is 1. The topological polar surface area (TPSA) is 15.3 Å². The van der Waals surface area contributed by atoms with Crippen LogP contribution in [0.2, 0.25) is 0 Å². The monoisotopic (exact) mass is 318 g/mol. The van der Waals surface area contributed by atoms with Crippen molar-refractivity contribution in [2.45, 2.75) is 19.9 Å². The molecule has 1 aromatic rings. The van der Waals surface area contributed by atoms with Crippen LogP contribution in [-0.2, 0) is 0 Å². The number of hydrogen-bond acceptors (Lipinski definition) is 2. The lowest BCUT2D eigenvalue weighted by Crippen LogP contribution is -2.53. The number of hydrogen-bond donors (Lipinski definition) is 1. The standard InChI is InChI=1S/C13H17BrF2N2/c1-8(2)12-7-18(4-3-17-12)13-6-10(15)9(14)5-11(13)16/h5-6,8,12,17H,3-4,7H2,1-2H3. The Morgan fingerprint density at radius 2 is 2.06 bits per heavy atom. The van der Waals surface area contributed by atoms with Gasteiger partial charge in [0.25, 0.3) is 0 Å². The maximum absolute atomic E-state index is 13.9. The Bertz CT molecular complexity index is 437. The van der Waals surface area contributed by atoms with Crippen LogP contribution < -0.4 is 10.2 Å². The van der Waals surface area contributed by atoms with Crippen molar-refractivity contribution in [3.05, 3.63) is 28.2 Å². The molecule has 1 unspecified atom stereocenters. The summed E-state index contributed by atoms with van der Waals surface area (Å²) in [5.41, 5.74) is 0.350. The summed E-state index contributed by atoms with van der Waals surface area (Å²) in [7, 11) is 0. The minimum absolute atomic E-state index is 0.166. The van der Waals surface area contributed by atoms with E-state index in [1.165, 1.54) is 12.1 Å². The van der Waals surface area contributed by atoms with Gasteiger partial charge in [-0.25, -0.2) is 8.78 Å². The molecule has 1 atom stereocenters. The molecule has 1 aliphatic heterocycles. The molecule has 1 N–H and O–H groups in total. The Labute approximate surface area is 114 Å². The zero-order chi connectivity index (χ0) is 13.3. The van der Waals surface area contributed by atoms with E-state index in [0.717, 1.165) is 6.54 Å². The third-order valence-corrected chi connectivity index (χ3v) is 3.95. The van der Waals surface area contributed by atoms with E-state index in [2.05, 4.69) is 35.1 Å². The molecule has 1 saturated heterocycles. The van der Waals surface area contributed by atoms with E-state index in [-0.39, 0.29) is 10.3 Å². The first-order chi connectivity index (χ1) is 8.49. The lowest BCUT2D eigenvalue weighted by molar-refractivity contribution is 0.366. The van der Waals surface area contributed by atoms with Crippen LogP contribution in [0.4, 0.5) is 14.5 Å². The molecule has 2 rings (SSSR count). The molecule has 18 heavy (non-hydrogen) atoms. The highest BCUT2D eigenvalue weighted by molar-refractivity contribution is 9.10. The number of anilines is 1. The van der Waals surface area contributed by atoms with E-state index < -0.39 is 5.82 Å². The predicted octanol–water partition coefficient (Wildman–Crippen LogP) is 3.16. The van der Waals surface area contributed by atoms with Crippen molar-refractivity contribution in [1.29, 1.82) is 0 Å². The van der Waals surface area contributed by atoms with Gasteiger partial charge in [-0.2, -0.15) is 0 Å². The Balaban J connectivity index is 2.23. The first-order valence-corrected chi connectivity index (χ1v) is 6.91. The molecule has 1 fully saturated rings. The van der Waals surface area contributed by atoms with Crippen LogP contribution in [0.1, 0.15) is 13.8 Å². The summed E-state index contributed by atoms with van der Waals surface area (Å²) in [4.78, 5) is 1.91. The summed E-state index contributed by atoms with van der Waals surface area (Å²) in [6, 6.07) is 2.77. The highest BCUT2D eigenvalue weighted by Gasteiger charge is 2.24. The van der Waals surface area contributed by atoms with Gasteiger partial charge < -0.3 is 10.2 Å². The largest absolute Gasteiger partial charge is 0.366 e. The Kier molecular flexibility index (Phi) is 4.22. The average molecular weight is 319 g/mol. The predicted molar refractivity (Wildman–Crippen MR) is 72.9 cm³/mol. The Morgan fingerprint density at radius 3 is 2.72 bits per heavy atom. The third kappa shape index (κ3) is 2.83. The van der Waals surface area contributed by atoms with Crippen molar-refractivity contribution in [1.82, 2.24) is 5.32 Å². The lowest BCUT2D eigenvalue weighted by atomic mass is 10.0. The van der Waals surface area contributed by atoms with Gasteiger partial charge in [-0.05, 0) is 27.9 Å². The number of benzene rings is 1. The summed E-state index contributed by atoms with van der Waals surface area (Å²) >= 11 is 2.99. The van der Waals surface area contributed by atoms with Crippen molar-refractivity contribution in [3.8, 4) is 0 Å². The van der Waals surface area contributed by atoms with Crippen molar-refractivity contribution in [3.63, 3.8) is 0 Å². The molecule has 1 aromatic carbocycles. The quantitative estimate of drug-likeness (QED) is 0.843. The van der Waals surface area contributed by atoms with Crippen LogP contribution in [0, 0.1) is 17.6 Å². The van der Waals surface area contributed by atoms with E-state index in [9.17, 15) is 8.78 Å². The smallest absolute Gasteiger partial charge is 0.147 e. The van der Waals surface area contributed by atoms with Gasteiger partial charge in [0.2, 0.25) is 0 Å². The van der Waals surface area contributed by atoms with Crippen molar-refractivity contribution < 1.29 is 8.78 Å². The van der Waals surface area contributed by atoms with Gasteiger partial charge >= 0.3 is 0 Å². The summed E-state index contributed by atoms with van der Waals surface area (Å²) in [6.07, 6.45) is 0. The van der Waals surface area contributed by atoms with Gasteiger partial charge in [-0.3, -0.25) is 0 Å². The molecule has 0 aliphatic carbocycles. The van der Waals surface area contributed by atoms with Crippen molar-refractivity contribution >= 4 is 21.6 Å². The molecule has 0 saturated carbocycles. The minimum atomic E-state index is -0.425. The SMILES string of the molecule is CC(C)C1CN(c2cc(F)c(Br)cc2F)CCN1. The van der Waals surface area contributed by atoms with E-state index in [1.54, 1.807) is 0 Å². The fourth-order valence-electron chi connectivity index (χ4n) is 2.20. The molecule has 0 radical (unpaired) electrons. The molecule has 0 spiro atoms. The van der Waals surface area contributed by atoms with E-state index in [1.807, 2.05) is 4.90 Å². The zero-order valence-corrected chi connectivity index (χ0v) is 12.1. The van der Waals surface area contributed by atoms with Gasteiger partial charge in [0.1, 0.15) is 11.6 Å². The molecule has 1 aliphatic rings. The minimum Gasteiger partial charge on any atom is -0.366 e. The number of rotatable bonds is 2. The van der Waals surface area contributed by atoms with Crippen LogP contribution in [0.5, 0.6) is 0 Å². The fourth-order valence-corrected chi connectivity index (χ4v) is 2.51. The van der Waals surface area contributed by atoms with E-state index in [4.69, 9.17) is 0 Å². The molecule has 1 heterocycles. The zero-order valence-electron chi connectivity index (χ0n) is 10.5. The van der Waals surface area contributed by atoms with Crippen LogP contribution in [0.25, 0.3) is 0 Å². The van der Waals surface area contributed by atoms with Crippen molar-refractivity contribution in [2.75, 3.05) is 24.5 Å². The van der Waals surface area contributed by atoms with E-state index in [0.29, 0.717) is 30.7 Å². The Morgan fingerprint density at radius 1 is 1.33 bits per heavy atom. The lowest BCUT2D eigenvalue weighted by Gasteiger charge is -2.37. The summed E-state index contributed by atoms with van der Waals surface area (Å²) in [5.74, 6) is -0.338. The summed E-state index contributed by atoms with van der Waals surface area (Å²) < 4.78 is 27.6. The number of piperazine rings is 1. The summed E-state index contributed by atoms with van der Waals surface area (Å²) in [6.45, 7) is 6.44. The third-order valence-electron chi connectivity index (χ3n) is 3.34. The van der Waals surface area contributed by atoms with Gasteiger partial charge in [-0.15, -0.1) is 0 Å². The molecular weight excluding hydrogens is 302 g/mol. The molecule has 5 heteroatoms. The molecule has 100 valence electrons. The Hall–Kier alpha value is -0.680. The number of halogens is 3. The van der Waals surface area contributed by atoms with Gasteiger partial charge in [-0.1, -0.05) is 13.8 Å². The molecule has 0 amide bonds. The maximum Gasteiger partial charge on any atom is 0.147 e. The highest BCUT2D eigenvalue weighted by atomic mass is 79.9. The van der Waals surface area contributed by atoms with Crippen LogP contribution >= 0.6 is 15.9 Å². The summed E-state index contributed by atoms with van der Waals surface area (Å²) in [5, 5.41) is 3.40. The normalized spacial score (nSPS) is 20.6. The highest BCUT2D eigenvalue weighted by Crippen LogP contribution is 2.27. The van der Waals surface area contributed by atoms with Gasteiger partial charge in [0.15, 0.2) is 0 Å². The van der Waals surface area contributed by atoms with Crippen LogP contribution in [-0.4, -0.2) is 25.7 Å². The maximum atomic E-state index is 13.9. The molecule has 2 nitrogen and oxygen atoms in total. The first-order valence-electron chi connectivity index (χ1n) is 6.12. The van der Waals surface area contributed by atoms with Crippen molar-refractivity contribution in [2.24, 2.45) is 5.92 Å².